The minimum atomic E-state index is -0.877. The fraction of sp³-hybridized carbons (Fsp3) is 0.467. The molecule has 110 valence electrons. The summed E-state index contributed by atoms with van der Waals surface area (Å²) in [5.74, 6) is -0.824. The van der Waals surface area contributed by atoms with Gasteiger partial charge in [0.15, 0.2) is 0 Å². The fourth-order valence-electron chi connectivity index (χ4n) is 1.62. The second-order valence-corrected chi connectivity index (χ2v) is 6.05. The molecule has 0 saturated heterocycles. The molecule has 1 rings (SSSR count). The number of esters is 1. The molecule has 0 spiro atoms. The molecular formula is C15H20ClNO3. The molecule has 1 unspecified atom stereocenters. The third-order valence-electron chi connectivity index (χ3n) is 2.91. The van der Waals surface area contributed by atoms with Crippen molar-refractivity contribution >= 4 is 23.5 Å². The lowest BCUT2D eigenvalue weighted by Crippen LogP contribution is -2.34. The van der Waals surface area contributed by atoms with E-state index in [0.29, 0.717) is 5.56 Å². The average Bonchev–Trinajstić information content (AvgIpc) is 2.42. The van der Waals surface area contributed by atoms with Gasteiger partial charge in [0, 0.05) is 12.1 Å². The summed E-state index contributed by atoms with van der Waals surface area (Å²) in [5, 5.41) is 1.72. The number of ether oxygens (including phenoxy) is 1. The number of alkyl halides is 1. The highest BCUT2D eigenvalue weighted by Gasteiger charge is 2.18. The molecule has 1 aromatic rings. The van der Waals surface area contributed by atoms with Crippen LogP contribution in [-0.2, 0) is 14.9 Å². The highest BCUT2D eigenvalue weighted by Crippen LogP contribution is 2.22. The number of hydrogen-bond acceptors (Lipinski definition) is 3. The summed E-state index contributed by atoms with van der Waals surface area (Å²) >= 11 is 5.76. The van der Waals surface area contributed by atoms with E-state index in [4.69, 9.17) is 11.6 Å². The zero-order chi connectivity index (χ0) is 15.3. The van der Waals surface area contributed by atoms with E-state index in [9.17, 15) is 9.59 Å². The molecule has 0 aliphatic heterocycles. The number of benzene rings is 1. The molecule has 1 amide bonds. The first kappa shape index (κ1) is 16.5. The molecule has 4 nitrogen and oxygen atoms in total. The largest absolute Gasteiger partial charge is 0.468 e. The van der Waals surface area contributed by atoms with Crippen molar-refractivity contribution in [2.24, 2.45) is 0 Å². The van der Waals surface area contributed by atoms with Crippen molar-refractivity contribution < 1.29 is 14.3 Å². The summed E-state index contributed by atoms with van der Waals surface area (Å²) in [5.41, 5.74) is 1.73. The van der Waals surface area contributed by atoms with Crippen molar-refractivity contribution in [3.63, 3.8) is 0 Å². The molecule has 0 aliphatic carbocycles. The number of amides is 1. The summed E-state index contributed by atoms with van der Waals surface area (Å²) in [6, 6.07) is 7.37. The minimum absolute atomic E-state index is 0.0358. The predicted molar refractivity (Wildman–Crippen MR) is 79.1 cm³/mol. The first-order chi connectivity index (χ1) is 9.25. The molecular weight excluding hydrogens is 278 g/mol. The van der Waals surface area contributed by atoms with Crippen LogP contribution in [0.25, 0.3) is 0 Å². The number of rotatable bonds is 4. The van der Waals surface area contributed by atoms with E-state index >= 15 is 0 Å². The Labute approximate surface area is 124 Å². The topological polar surface area (TPSA) is 55.4 Å². The van der Waals surface area contributed by atoms with Crippen molar-refractivity contribution in [2.45, 2.75) is 31.6 Å². The van der Waals surface area contributed by atoms with Crippen LogP contribution in [0.3, 0.4) is 0 Å². The van der Waals surface area contributed by atoms with Crippen LogP contribution >= 0.6 is 11.6 Å². The van der Waals surface area contributed by atoms with Crippen LogP contribution in [0, 0.1) is 0 Å². The molecule has 1 atom stereocenters. The van der Waals surface area contributed by atoms with Gasteiger partial charge in [0.2, 0.25) is 0 Å². The quantitative estimate of drug-likeness (QED) is 0.686. The number of methoxy groups -OCH3 is 1. The highest BCUT2D eigenvalue weighted by atomic mass is 35.5. The summed E-state index contributed by atoms with van der Waals surface area (Å²) in [6.45, 7) is 6.36. The first-order valence-electron chi connectivity index (χ1n) is 6.36. The molecule has 1 aromatic carbocycles. The molecule has 0 radical (unpaired) electrons. The van der Waals surface area contributed by atoms with Gasteiger partial charge in [-0.1, -0.05) is 32.9 Å². The standard InChI is InChI=1S/C15H20ClNO3/c1-15(2,3)11-7-5-10(6-8-11)13(18)17-9-12(16)14(19)20-4/h5-8,12H,9H2,1-4H3,(H,17,18). The van der Waals surface area contributed by atoms with Gasteiger partial charge in [0.05, 0.1) is 7.11 Å². The van der Waals surface area contributed by atoms with E-state index in [1.54, 1.807) is 12.1 Å². The van der Waals surface area contributed by atoms with E-state index in [1.165, 1.54) is 7.11 Å². The van der Waals surface area contributed by atoms with Crippen molar-refractivity contribution in [3.05, 3.63) is 35.4 Å². The third-order valence-corrected chi connectivity index (χ3v) is 3.24. The van der Waals surface area contributed by atoms with Gasteiger partial charge in [-0.15, -0.1) is 11.6 Å². The first-order valence-corrected chi connectivity index (χ1v) is 6.80. The third kappa shape index (κ3) is 4.53. The van der Waals surface area contributed by atoms with Gasteiger partial charge < -0.3 is 10.1 Å². The second kappa shape index (κ2) is 6.75. The van der Waals surface area contributed by atoms with Crippen LogP contribution in [0.5, 0.6) is 0 Å². The van der Waals surface area contributed by atoms with Gasteiger partial charge in [-0.3, -0.25) is 9.59 Å². The molecule has 1 N–H and O–H groups in total. The Morgan fingerprint density at radius 2 is 1.80 bits per heavy atom. The normalized spacial score (nSPS) is 12.7. The highest BCUT2D eigenvalue weighted by molar-refractivity contribution is 6.30. The smallest absolute Gasteiger partial charge is 0.325 e. The van der Waals surface area contributed by atoms with Crippen LogP contribution in [0.1, 0.15) is 36.7 Å². The molecule has 0 saturated carbocycles. The van der Waals surface area contributed by atoms with E-state index < -0.39 is 11.3 Å². The molecule has 0 fully saturated rings. The molecule has 0 bridgehead atoms. The molecule has 5 heteroatoms. The molecule has 0 aromatic heterocycles. The Hall–Kier alpha value is -1.55. The molecule has 0 aliphatic rings. The Morgan fingerprint density at radius 3 is 2.25 bits per heavy atom. The zero-order valence-corrected chi connectivity index (χ0v) is 13.0. The lowest BCUT2D eigenvalue weighted by Gasteiger charge is -2.19. The molecule has 0 heterocycles. The fourth-order valence-corrected chi connectivity index (χ4v) is 1.78. The maximum absolute atomic E-state index is 11.9. The SMILES string of the molecule is COC(=O)C(Cl)CNC(=O)c1ccc(C(C)(C)C)cc1. The van der Waals surface area contributed by atoms with Crippen LogP contribution in [0.4, 0.5) is 0 Å². The second-order valence-electron chi connectivity index (χ2n) is 5.53. The van der Waals surface area contributed by atoms with Crippen LogP contribution in [-0.4, -0.2) is 30.9 Å². The van der Waals surface area contributed by atoms with Crippen molar-refractivity contribution in [3.8, 4) is 0 Å². The predicted octanol–water partition coefficient (Wildman–Crippen LogP) is 2.49. The summed E-state index contributed by atoms with van der Waals surface area (Å²) in [4.78, 5) is 23.0. The number of nitrogens with one attached hydrogen (secondary N) is 1. The van der Waals surface area contributed by atoms with Crippen molar-refractivity contribution in [1.82, 2.24) is 5.32 Å². The number of carbonyl (C=O) groups is 2. The molecule has 20 heavy (non-hydrogen) atoms. The Bertz CT molecular complexity index is 477. The summed E-state index contributed by atoms with van der Waals surface area (Å²) in [7, 11) is 1.25. The van der Waals surface area contributed by atoms with Gasteiger partial charge in [0.25, 0.3) is 5.91 Å². The van der Waals surface area contributed by atoms with E-state index in [2.05, 4.69) is 30.8 Å². The van der Waals surface area contributed by atoms with Gasteiger partial charge in [-0.2, -0.15) is 0 Å². The van der Waals surface area contributed by atoms with Crippen LogP contribution in [0.2, 0.25) is 0 Å². The number of halogens is 1. The number of hydrogen-bond donors (Lipinski definition) is 1. The van der Waals surface area contributed by atoms with Gasteiger partial charge >= 0.3 is 5.97 Å². The zero-order valence-electron chi connectivity index (χ0n) is 12.2. The van der Waals surface area contributed by atoms with E-state index in [1.807, 2.05) is 12.1 Å². The number of carbonyl (C=O) groups excluding carboxylic acids is 2. The maximum Gasteiger partial charge on any atom is 0.325 e. The Balaban J connectivity index is 2.63. The van der Waals surface area contributed by atoms with Gasteiger partial charge in [-0.25, -0.2) is 0 Å². The Morgan fingerprint density at radius 1 is 1.25 bits per heavy atom. The lowest BCUT2D eigenvalue weighted by molar-refractivity contribution is -0.140. The average molecular weight is 298 g/mol. The van der Waals surface area contributed by atoms with Gasteiger partial charge in [0.1, 0.15) is 5.38 Å². The maximum atomic E-state index is 11.9. The van der Waals surface area contributed by atoms with Crippen LogP contribution < -0.4 is 5.32 Å². The summed E-state index contributed by atoms with van der Waals surface area (Å²) < 4.78 is 4.48. The monoisotopic (exact) mass is 297 g/mol. The van der Waals surface area contributed by atoms with E-state index in [-0.39, 0.29) is 17.9 Å². The van der Waals surface area contributed by atoms with E-state index in [0.717, 1.165) is 5.56 Å². The summed E-state index contributed by atoms with van der Waals surface area (Å²) in [6.07, 6.45) is 0. The van der Waals surface area contributed by atoms with Crippen molar-refractivity contribution in [2.75, 3.05) is 13.7 Å². The van der Waals surface area contributed by atoms with Gasteiger partial charge in [-0.05, 0) is 23.1 Å². The lowest BCUT2D eigenvalue weighted by atomic mass is 9.87. The van der Waals surface area contributed by atoms with Crippen molar-refractivity contribution in [1.29, 1.82) is 0 Å². The minimum Gasteiger partial charge on any atom is -0.468 e. The Kier molecular flexibility index (Phi) is 5.57. The van der Waals surface area contributed by atoms with Crippen LogP contribution in [0.15, 0.2) is 24.3 Å².